The lowest BCUT2D eigenvalue weighted by Crippen LogP contribution is -2.50. The number of rotatable bonds is 3. The standard InChI is InChI=1S/C22H23F3N6O/c23-14-5-8-29(11-17(14)26)22-28-18-9-15(24)16(25)10-19(18)31(22)12-20(32)30-7-2-4-13-3-1-6-27-21(13)30/h1,3,6,9-10,14,17H,2,4-5,7-8,11-12,26H2/t14-,17-/m1/s1. The number of amides is 1. The minimum absolute atomic E-state index is 0.141. The maximum Gasteiger partial charge on any atom is 0.248 e. The third kappa shape index (κ3) is 3.58. The van der Waals surface area contributed by atoms with Gasteiger partial charge in [0.25, 0.3) is 0 Å². The lowest BCUT2D eigenvalue weighted by Gasteiger charge is -2.34. The highest BCUT2D eigenvalue weighted by molar-refractivity contribution is 5.94. The highest BCUT2D eigenvalue weighted by atomic mass is 19.2. The Balaban J connectivity index is 1.54. The summed E-state index contributed by atoms with van der Waals surface area (Å²) in [4.78, 5) is 25.6. The van der Waals surface area contributed by atoms with Crippen LogP contribution in [0.5, 0.6) is 0 Å². The summed E-state index contributed by atoms with van der Waals surface area (Å²) in [6.07, 6.45) is 2.37. The van der Waals surface area contributed by atoms with Gasteiger partial charge in [-0.15, -0.1) is 0 Å². The Kier molecular flexibility index (Phi) is 5.24. The first-order valence-corrected chi connectivity index (χ1v) is 10.7. The average Bonchev–Trinajstić information content (AvgIpc) is 3.12. The molecule has 0 spiro atoms. The van der Waals surface area contributed by atoms with Crippen LogP contribution in [0.3, 0.4) is 0 Å². The fourth-order valence-corrected chi connectivity index (χ4v) is 4.51. The van der Waals surface area contributed by atoms with Gasteiger partial charge in [0.2, 0.25) is 11.9 Å². The fraction of sp³-hybridized carbons (Fsp3) is 0.409. The first-order valence-electron chi connectivity index (χ1n) is 10.7. The molecule has 2 aromatic heterocycles. The van der Waals surface area contributed by atoms with Crippen LogP contribution in [0.15, 0.2) is 30.5 Å². The summed E-state index contributed by atoms with van der Waals surface area (Å²) in [5, 5.41) is 0. The van der Waals surface area contributed by atoms with Crippen molar-refractivity contribution in [2.24, 2.45) is 5.73 Å². The number of pyridine rings is 1. The summed E-state index contributed by atoms with van der Waals surface area (Å²) in [5.41, 5.74) is 7.42. The number of aromatic nitrogens is 3. The van der Waals surface area contributed by atoms with Crippen molar-refractivity contribution >= 4 is 28.7 Å². The van der Waals surface area contributed by atoms with E-state index in [1.165, 1.54) is 0 Å². The largest absolute Gasteiger partial charge is 0.340 e. The number of hydrogen-bond donors (Lipinski definition) is 1. The van der Waals surface area contributed by atoms with Crippen LogP contribution in [-0.4, -0.2) is 52.3 Å². The van der Waals surface area contributed by atoms with Gasteiger partial charge in [0.05, 0.1) is 17.1 Å². The Labute approximate surface area is 182 Å². The highest BCUT2D eigenvalue weighted by Crippen LogP contribution is 2.29. The fourth-order valence-electron chi connectivity index (χ4n) is 4.51. The van der Waals surface area contributed by atoms with E-state index in [0.29, 0.717) is 30.4 Å². The van der Waals surface area contributed by atoms with Crippen LogP contribution in [0.2, 0.25) is 0 Å². The lowest BCUT2D eigenvalue weighted by atomic mass is 10.1. The highest BCUT2D eigenvalue weighted by Gasteiger charge is 2.31. The Bertz CT molecular complexity index is 1180. The van der Waals surface area contributed by atoms with E-state index in [-0.39, 0.29) is 30.9 Å². The monoisotopic (exact) mass is 444 g/mol. The van der Waals surface area contributed by atoms with Crippen LogP contribution in [0.25, 0.3) is 11.0 Å². The second-order valence-corrected chi connectivity index (χ2v) is 8.30. The second kappa shape index (κ2) is 8.09. The van der Waals surface area contributed by atoms with Gasteiger partial charge in [0.15, 0.2) is 11.6 Å². The van der Waals surface area contributed by atoms with Gasteiger partial charge in [-0.3, -0.25) is 9.69 Å². The molecule has 32 heavy (non-hydrogen) atoms. The number of fused-ring (bicyclic) bond motifs is 2. The van der Waals surface area contributed by atoms with E-state index >= 15 is 0 Å². The number of aryl methyl sites for hydroxylation is 1. The Morgan fingerprint density at radius 3 is 2.84 bits per heavy atom. The molecule has 168 valence electrons. The van der Waals surface area contributed by atoms with Gasteiger partial charge in [-0.2, -0.15) is 0 Å². The molecule has 1 amide bonds. The van der Waals surface area contributed by atoms with Crippen LogP contribution in [-0.2, 0) is 17.8 Å². The van der Waals surface area contributed by atoms with Crippen LogP contribution < -0.4 is 15.5 Å². The average molecular weight is 444 g/mol. The number of anilines is 2. The molecular formula is C22H23F3N6O. The predicted octanol–water partition coefficient (Wildman–Crippen LogP) is 2.56. The van der Waals surface area contributed by atoms with E-state index < -0.39 is 23.8 Å². The molecule has 3 aromatic rings. The minimum Gasteiger partial charge on any atom is -0.340 e. The molecule has 4 heterocycles. The minimum atomic E-state index is -1.13. The van der Waals surface area contributed by atoms with Gasteiger partial charge < -0.3 is 15.2 Å². The number of nitrogens with zero attached hydrogens (tertiary/aromatic N) is 5. The number of benzene rings is 1. The summed E-state index contributed by atoms with van der Waals surface area (Å²) >= 11 is 0. The summed E-state index contributed by atoms with van der Waals surface area (Å²) in [7, 11) is 0. The molecule has 1 fully saturated rings. The van der Waals surface area contributed by atoms with Crippen LogP contribution in [0.4, 0.5) is 24.9 Å². The summed E-state index contributed by atoms with van der Waals surface area (Å²) < 4.78 is 43.4. The third-order valence-electron chi connectivity index (χ3n) is 6.17. The van der Waals surface area contributed by atoms with Gasteiger partial charge >= 0.3 is 0 Å². The van der Waals surface area contributed by atoms with E-state index in [2.05, 4.69) is 9.97 Å². The molecule has 0 radical (unpaired) electrons. The number of imidazole rings is 1. The van der Waals surface area contributed by atoms with Gasteiger partial charge in [0, 0.05) is 38.0 Å². The van der Waals surface area contributed by atoms with E-state index in [1.54, 1.807) is 20.6 Å². The van der Waals surface area contributed by atoms with Crippen molar-refractivity contribution in [1.29, 1.82) is 0 Å². The van der Waals surface area contributed by atoms with E-state index in [1.807, 2.05) is 12.1 Å². The van der Waals surface area contributed by atoms with Gasteiger partial charge in [-0.1, -0.05) is 6.07 Å². The molecular weight excluding hydrogens is 421 g/mol. The van der Waals surface area contributed by atoms with Crippen molar-refractivity contribution in [2.75, 3.05) is 29.4 Å². The first-order chi connectivity index (χ1) is 15.4. The number of halogens is 3. The molecule has 0 unspecified atom stereocenters. The summed E-state index contributed by atoms with van der Waals surface area (Å²) in [6, 6.07) is 5.12. The topological polar surface area (TPSA) is 80.3 Å². The van der Waals surface area contributed by atoms with Crippen molar-refractivity contribution in [1.82, 2.24) is 14.5 Å². The number of hydrogen-bond acceptors (Lipinski definition) is 5. The molecule has 2 aliphatic rings. The molecule has 1 saturated heterocycles. The predicted molar refractivity (Wildman–Crippen MR) is 114 cm³/mol. The number of carbonyl (C=O) groups excluding carboxylic acids is 1. The molecule has 7 nitrogen and oxygen atoms in total. The summed E-state index contributed by atoms with van der Waals surface area (Å²) in [6.45, 7) is 0.910. The quantitative estimate of drug-likeness (QED) is 0.672. The van der Waals surface area contributed by atoms with Crippen LogP contribution >= 0.6 is 0 Å². The van der Waals surface area contributed by atoms with Crippen molar-refractivity contribution in [3.8, 4) is 0 Å². The zero-order valence-corrected chi connectivity index (χ0v) is 17.3. The molecule has 10 heteroatoms. The van der Waals surface area contributed by atoms with Crippen molar-refractivity contribution in [3.05, 3.63) is 47.7 Å². The van der Waals surface area contributed by atoms with Crippen molar-refractivity contribution in [3.63, 3.8) is 0 Å². The van der Waals surface area contributed by atoms with Gasteiger partial charge in [-0.05, 0) is 30.9 Å². The normalized spacial score (nSPS) is 21.1. The number of carbonyl (C=O) groups is 1. The summed E-state index contributed by atoms with van der Waals surface area (Å²) in [5.74, 6) is -1.32. The molecule has 0 bridgehead atoms. The lowest BCUT2D eigenvalue weighted by molar-refractivity contribution is -0.119. The smallest absolute Gasteiger partial charge is 0.248 e. The van der Waals surface area contributed by atoms with E-state index in [0.717, 1.165) is 30.5 Å². The third-order valence-corrected chi connectivity index (χ3v) is 6.17. The zero-order valence-electron chi connectivity index (χ0n) is 17.3. The van der Waals surface area contributed by atoms with Gasteiger partial charge in [-0.25, -0.2) is 23.1 Å². The second-order valence-electron chi connectivity index (χ2n) is 8.30. The molecule has 2 aliphatic heterocycles. The molecule has 2 atom stereocenters. The number of alkyl halides is 1. The Morgan fingerprint density at radius 1 is 1.22 bits per heavy atom. The number of piperidine rings is 1. The molecule has 0 saturated carbocycles. The molecule has 1 aromatic carbocycles. The Hall–Kier alpha value is -3.14. The molecule has 5 rings (SSSR count). The first kappa shape index (κ1) is 20.7. The SMILES string of the molecule is N[C@@H]1CN(c2nc3cc(F)c(F)cc3n2CC(=O)N2CCCc3cccnc32)CC[C@H]1F. The maximum absolute atomic E-state index is 14.1. The maximum atomic E-state index is 14.1. The number of nitrogens with two attached hydrogens (primary N) is 1. The zero-order chi connectivity index (χ0) is 22.4. The van der Waals surface area contributed by atoms with Crippen LogP contribution in [0.1, 0.15) is 18.4 Å². The molecule has 0 aliphatic carbocycles. The van der Waals surface area contributed by atoms with E-state index in [4.69, 9.17) is 5.73 Å². The van der Waals surface area contributed by atoms with Crippen molar-refractivity contribution in [2.45, 2.75) is 38.0 Å². The Morgan fingerprint density at radius 2 is 2.03 bits per heavy atom. The van der Waals surface area contributed by atoms with E-state index in [9.17, 15) is 18.0 Å². The van der Waals surface area contributed by atoms with Crippen LogP contribution in [0, 0.1) is 11.6 Å². The molecule has 2 N–H and O–H groups in total. The van der Waals surface area contributed by atoms with Gasteiger partial charge in [0.1, 0.15) is 18.5 Å². The van der Waals surface area contributed by atoms with Crippen molar-refractivity contribution < 1.29 is 18.0 Å².